The third-order valence-corrected chi connectivity index (χ3v) is 4.62. The summed E-state index contributed by atoms with van der Waals surface area (Å²) >= 11 is 6.06. The maximum atomic E-state index is 6.06. The molecule has 0 bridgehead atoms. The predicted molar refractivity (Wildman–Crippen MR) is 109 cm³/mol. The molecule has 0 radical (unpaired) electrons. The van der Waals surface area contributed by atoms with Crippen LogP contribution in [0.4, 0.5) is 5.95 Å². The number of imidazole rings is 1. The van der Waals surface area contributed by atoms with Crippen LogP contribution in [0.15, 0.2) is 48.7 Å². The lowest BCUT2D eigenvalue weighted by Crippen LogP contribution is -2.07. The number of halogens is 1. The molecule has 0 aliphatic heterocycles. The third kappa shape index (κ3) is 3.64. The first kappa shape index (κ1) is 17.5. The molecule has 5 nitrogen and oxygen atoms in total. The van der Waals surface area contributed by atoms with Crippen LogP contribution in [0.2, 0.25) is 5.15 Å². The second-order valence-electron chi connectivity index (χ2n) is 6.72. The Kier molecular flexibility index (Phi) is 4.54. The van der Waals surface area contributed by atoms with E-state index in [4.69, 9.17) is 16.6 Å². The second-order valence-corrected chi connectivity index (χ2v) is 7.10. The zero-order chi connectivity index (χ0) is 19.0. The average molecular weight is 378 g/mol. The zero-order valence-electron chi connectivity index (χ0n) is 15.5. The fourth-order valence-electron chi connectivity index (χ4n) is 3.08. The Morgan fingerprint density at radius 3 is 2.41 bits per heavy atom. The summed E-state index contributed by atoms with van der Waals surface area (Å²) in [6.07, 6.45) is 2.10. The molecule has 3 heterocycles. The Bertz CT molecular complexity index is 1100. The molecule has 3 aromatic heterocycles. The minimum absolute atomic E-state index is 0.428. The summed E-state index contributed by atoms with van der Waals surface area (Å²) in [6.45, 7) is 6.59. The molecule has 0 saturated carbocycles. The van der Waals surface area contributed by atoms with Crippen molar-refractivity contribution in [3.8, 4) is 11.3 Å². The van der Waals surface area contributed by atoms with E-state index < -0.39 is 0 Å². The van der Waals surface area contributed by atoms with Crippen molar-refractivity contribution in [2.45, 2.75) is 27.3 Å². The first-order chi connectivity index (χ1) is 13.0. The summed E-state index contributed by atoms with van der Waals surface area (Å²) in [5.74, 6) is 0.512. The van der Waals surface area contributed by atoms with Crippen LogP contribution in [0, 0.1) is 20.8 Å². The maximum Gasteiger partial charge on any atom is 0.224 e. The van der Waals surface area contributed by atoms with Crippen molar-refractivity contribution >= 4 is 23.2 Å². The first-order valence-electron chi connectivity index (χ1n) is 8.79. The van der Waals surface area contributed by atoms with Crippen molar-refractivity contribution in [1.82, 2.24) is 19.4 Å². The van der Waals surface area contributed by atoms with E-state index in [2.05, 4.69) is 70.1 Å². The SMILES string of the molecule is Cc1ccc(-c2nc3ccc(C)cn3c2CNc2nc(C)cc(Cl)n2)cc1. The number of anilines is 1. The largest absolute Gasteiger partial charge is 0.348 e. The number of benzene rings is 1. The minimum atomic E-state index is 0.428. The number of rotatable bonds is 4. The molecule has 0 spiro atoms. The molecule has 27 heavy (non-hydrogen) atoms. The van der Waals surface area contributed by atoms with Crippen LogP contribution in [-0.4, -0.2) is 19.4 Å². The molecule has 0 fully saturated rings. The number of hydrogen-bond donors (Lipinski definition) is 1. The molecular weight excluding hydrogens is 358 g/mol. The van der Waals surface area contributed by atoms with E-state index in [0.717, 1.165) is 28.3 Å². The van der Waals surface area contributed by atoms with Gasteiger partial charge >= 0.3 is 0 Å². The van der Waals surface area contributed by atoms with Crippen molar-refractivity contribution in [2.75, 3.05) is 5.32 Å². The summed E-state index contributed by atoms with van der Waals surface area (Å²) in [5.41, 5.74) is 7.22. The van der Waals surface area contributed by atoms with Gasteiger partial charge in [0.15, 0.2) is 0 Å². The highest BCUT2D eigenvalue weighted by atomic mass is 35.5. The molecule has 6 heteroatoms. The van der Waals surface area contributed by atoms with E-state index >= 15 is 0 Å². The molecule has 0 amide bonds. The number of fused-ring (bicyclic) bond motifs is 1. The van der Waals surface area contributed by atoms with Crippen LogP contribution in [0.25, 0.3) is 16.9 Å². The van der Waals surface area contributed by atoms with E-state index in [1.165, 1.54) is 11.1 Å². The van der Waals surface area contributed by atoms with Crippen LogP contribution >= 0.6 is 11.6 Å². The predicted octanol–water partition coefficient (Wildman–Crippen LogP) is 4.98. The number of aryl methyl sites for hydroxylation is 3. The molecule has 0 unspecified atom stereocenters. The highest BCUT2D eigenvalue weighted by Crippen LogP contribution is 2.26. The van der Waals surface area contributed by atoms with Gasteiger partial charge in [0.05, 0.1) is 17.9 Å². The fraction of sp³-hybridized carbons (Fsp3) is 0.190. The molecule has 0 saturated heterocycles. The molecule has 1 N–H and O–H groups in total. The van der Waals surface area contributed by atoms with Gasteiger partial charge in [0.2, 0.25) is 5.95 Å². The third-order valence-electron chi connectivity index (χ3n) is 4.43. The Balaban J connectivity index is 1.78. The Morgan fingerprint density at radius 2 is 1.67 bits per heavy atom. The minimum Gasteiger partial charge on any atom is -0.348 e. The molecule has 1 aromatic carbocycles. The van der Waals surface area contributed by atoms with Crippen LogP contribution < -0.4 is 5.32 Å². The van der Waals surface area contributed by atoms with E-state index in [9.17, 15) is 0 Å². The van der Waals surface area contributed by atoms with E-state index in [1.54, 1.807) is 6.07 Å². The summed E-state index contributed by atoms with van der Waals surface area (Å²) in [4.78, 5) is 13.5. The van der Waals surface area contributed by atoms with Gasteiger partial charge in [0, 0.05) is 17.5 Å². The molecule has 136 valence electrons. The molecule has 0 atom stereocenters. The molecule has 0 aliphatic carbocycles. The summed E-state index contributed by atoms with van der Waals surface area (Å²) < 4.78 is 2.12. The summed E-state index contributed by atoms with van der Waals surface area (Å²) in [5, 5.41) is 3.72. The van der Waals surface area contributed by atoms with Gasteiger partial charge < -0.3 is 9.72 Å². The lowest BCUT2D eigenvalue weighted by atomic mass is 10.1. The van der Waals surface area contributed by atoms with E-state index in [0.29, 0.717) is 17.6 Å². The van der Waals surface area contributed by atoms with Crippen molar-refractivity contribution < 1.29 is 0 Å². The Hall–Kier alpha value is -2.92. The molecular formula is C21H20ClN5. The molecule has 4 rings (SSSR count). The quantitative estimate of drug-likeness (QED) is 0.509. The average Bonchev–Trinajstić information content (AvgIpc) is 2.97. The Labute approximate surface area is 163 Å². The second kappa shape index (κ2) is 7.00. The van der Waals surface area contributed by atoms with Crippen LogP contribution in [-0.2, 0) is 6.54 Å². The number of aromatic nitrogens is 4. The van der Waals surface area contributed by atoms with Gasteiger partial charge in [0.1, 0.15) is 10.8 Å². The van der Waals surface area contributed by atoms with Gasteiger partial charge in [-0.1, -0.05) is 47.5 Å². The van der Waals surface area contributed by atoms with Crippen molar-refractivity contribution in [2.24, 2.45) is 0 Å². The lowest BCUT2D eigenvalue weighted by molar-refractivity contribution is 0.965. The number of nitrogens with one attached hydrogen (secondary N) is 1. The first-order valence-corrected chi connectivity index (χ1v) is 9.17. The van der Waals surface area contributed by atoms with Crippen LogP contribution in [0.3, 0.4) is 0 Å². The normalized spacial score (nSPS) is 11.1. The monoisotopic (exact) mass is 377 g/mol. The standard InChI is InChI=1S/C21H20ClN5/c1-13-4-7-16(8-5-13)20-17(27-12-14(2)6-9-19(27)26-20)11-23-21-24-15(3)10-18(22)25-21/h4-10,12H,11H2,1-3H3,(H,23,24,25). The highest BCUT2D eigenvalue weighted by Gasteiger charge is 2.15. The fourth-order valence-corrected chi connectivity index (χ4v) is 3.32. The lowest BCUT2D eigenvalue weighted by Gasteiger charge is -2.09. The van der Waals surface area contributed by atoms with Gasteiger partial charge in [-0.15, -0.1) is 0 Å². The van der Waals surface area contributed by atoms with Gasteiger partial charge in [0.25, 0.3) is 0 Å². The Morgan fingerprint density at radius 1 is 0.926 bits per heavy atom. The van der Waals surface area contributed by atoms with E-state index in [1.807, 2.05) is 13.0 Å². The topological polar surface area (TPSA) is 55.1 Å². The van der Waals surface area contributed by atoms with Gasteiger partial charge in [-0.3, -0.25) is 0 Å². The van der Waals surface area contributed by atoms with Crippen LogP contribution in [0.1, 0.15) is 22.5 Å². The number of hydrogen-bond acceptors (Lipinski definition) is 4. The summed E-state index contributed by atoms with van der Waals surface area (Å²) in [6, 6.07) is 14.3. The zero-order valence-corrected chi connectivity index (χ0v) is 16.2. The van der Waals surface area contributed by atoms with Crippen LogP contribution in [0.5, 0.6) is 0 Å². The van der Waals surface area contributed by atoms with Gasteiger partial charge in [-0.05, 0) is 38.5 Å². The highest BCUT2D eigenvalue weighted by molar-refractivity contribution is 6.29. The maximum absolute atomic E-state index is 6.06. The molecule has 4 aromatic rings. The van der Waals surface area contributed by atoms with Crippen molar-refractivity contribution in [3.05, 3.63) is 76.3 Å². The number of nitrogens with zero attached hydrogens (tertiary/aromatic N) is 4. The molecule has 0 aliphatic rings. The summed E-state index contributed by atoms with van der Waals surface area (Å²) in [7, 11) is 0. The van der Waals surface area contributed by atoms with Gasteiger partial charge in [-0.25, -0.2) is 15.0 Å². The van der Waals surface area contributed by atoms with Gasteiger partial charge in [-0.2, -0.15) is 0 Å². The smallest absolute Gasteiger partial charge is 0.224 e. The van der Waals surface area contributed by atoms with Crippen molar-refractivity contribution in [1.29, 1.82) is 0 Å². The van der Waals surface area contributed by atoms with Crippen molar-refractivity contribution in [3.63, 3.8) is 0 Å². The number of pyridine rings is 1. The van der Waals surface area contributed by atoms with E-state index in [-0.39, 0.29) is 0 Å².